The molecule has 28 heavy (non-hydrogen) atoms. The quantitative estimate of drug-likeness (QED) is 0.550. The molecule has 0 spiro atoms. The maximum absolute atomic E-state index is 6.20. The molecule has 0 bridgehead atoms. The number of hydrogen-bond donors (Lipinski definition) is 0. The number of methoxy groups -OCH3 is 2. The van der Waals surface area contributed by atoms with Crippen LogP contribution in [0.2, 0.25) is 0 Å². The fraction of sp³-hybridized carbons (Fsp3) is 0.200. The average Bonchev–Trinajstić information content (AvgIpc) is 3.16. The first-order chi connectivity index (χ1) is 13.8. The summed E-state index contributed by atoms with van der Waals surface area (Å²) >= 11 is 0. The van der Waals surface area contributed by atoms with Gasteiger partial charge in [-0.2, -0.15) is 0 Å². The SMILES string of the molecule is COc1cc(/C=C2\CCc3cccc(OCc4ccccc4)c32)cc(OC)c1. The van der Waals surface area contributed by atoms with Crippen LogP contribution in [0.25, 0.3) is 11.6 Å². The maximum Gasteiger partial charge on any atom is 0.127 e. The van der Waals surface area contributed by atoms with Crippen LogP contribution in [0.5, 0.6) is 17.2 Å². The summed E-state index contributed by atoms with van der Waals surface area (Å²) in [6.45, 7) is 0.567. The van der Waals surface area contributed by atoms with Gasteiger partial charge >= 0.3 is 0 Å². The lowest BCUT2D eigenvalue weighted by Gasteiger charge is -2.13. The summed E-state index contributed by atoms with van der Waals surface area (Å²) in [7, 11) is 3.35. The van der Waals surface area contributed by atoms with Crippen molar-refractivity contribution in [3.8, 4) is 17.2 Å². The Hall–Kier alpha value is -3.20. The van der Waals surface area contributed by atoms with Gasteiger partial charge in [-0.15, -0.1) is 0 Å². The van der Waals surface area contributed by atoms with Crippen molar-refractivity contribution in [3.63, 3.8) is 0 Å². The number of ether oxygens (including phenoxy) is 3. The lowest BCUT2D eigenvalue weighted by molar-refractivity contribution is 0.305. The minimum atomic E-state index is 0.567. The second kappa shape index (κ2) is 8.22. The number of hydrogen-bond acceptors (Lipinski definition) is 3. The Kier molecular flexibility index (Phi) is 5.34. The maximum atomic E-state index is 6.20. The molecule has 0 unspecified atom stereocenters. The number of benzene rings is 3. The summed E-state index contributed by atoms with van der Waals surface area (Å²) in [5, 5.41) is 0. The van der Waals surface area contributed by atoms with Crippen LogP contribution in [0, 0.1) is 0 Å². The summed E-state index contributed by atoms with van der Waals surface area (Å²) in [6, 6.07) is 22.5. The second-order valence-electron chi connectivity index (χ2n) is 6.88. The van der Waals surface area contributed by atoms with E-state index in [1.165, 1.54) is 22.3 Å². The molecular formula is C25H24O3. The zero-order chi connectivity index (χ0) is 19.3. The van der Waals surface area contributed by atoms with E-state index in [-0.39, 0.29) is 0 Å². The first-order valence-corrected chi connectivity index (χ1v) is 9.49. The molecule has 1 aliphatic carbocycles. The lowest BCUT2D eigenvalue weighted by atomic mass is 10.0. The van der Waals surface area contributed by atoms with Crippen molar-refractivity contribution < 1.29 is 14.2 Å². The van der Waals surface area contributed by atoms with E-state index < -0.39 is 0 Å². The summed E-state index contributed by atoms with van der Waals surface area (Å²) in [4.78, 5) is 0. The van der Waals surface area contributed by atoms with E-state index >= 15 is 0 Å². The highest BCUT2D eigenvalue weighted by Gasteiger charge is 2.21. The molecule has 0 saturated carbocycles. The zero-order valence-electron chi connectivity index (χ0n) is 16.3. The molecule has 0 atom stereocenters. The number of allylic oxidation sites excluding steroid dienone is 1. The van der Waals surface area contributed by atoms with Gasteiger partial charge in [-0.1, -0.05) is 48.5 Å². The molecular weight excluding hydrogens is 348 g/mol. The fourth-order valence-electron chi connectivity index (χ4n) is 3.66. The Bertz CT molecular complexity index is 968. The topological polar surface area (TPSA) is 27.7 Å². The van der Waals surface area contributed by atoms with E-state index in [1.54, 1.807) is 14.2 Å². The summed E-state index contributed by atoms with van der Waals surface area (Å²) < 4.78 is 17.0. The molecule has 1 aliphatic rings. The van der Waals surface area contributed by atoms with Crippen LogP contribution in [0.3, 0.4) is 0 Å². The molecule has 142 valence electrons. The monoisotopic (exact) mass is 372 g/mol. The van der Waals surface area contributed by atoms with Gasteiger partial charge in [0.25, 0.3) is 0 Å². The Balaban J connectivity index is 1.66. The van der Waals surface area contributed by atoms with Crippen LogP contribution in [0.4, 0.5) is 0 Å². The van der Waals surface area contributed by atoms with Crippen LogP contribution in [0.1, 0.15) is 28.7 Å². The Labute approximate surface area is 166 Å². The van der Waals surface area contributed by atoms with Gasteiger partial charge in [-0.25, -0.2) is 0 Å². The standard InChI is InChI=1S/C25H24O3/c1-26-22-14-19(15-23(16-22)27-2)13-21-12-11-20-9-6-10-24(25(20)21)28-17-18-7-4-3-5-8-18/h3-10,13-16H,11-12,17H2,1-2H3/b21-13+. The van der Waals surface area contributed by atoms with Gasteiger partial charge in [0, 0.05) is 11.6 Å². The predicted molar refractivity (Wildman–Crippen MR) is 113 cm³/mol. The molecule has 4 rings (SSSR count). The highest BCUT2D eigenvalue weighted by Crippen LogP contribution is 2.40. The van der Waals surface area contributed by atoms with Crippen molar-refractivity contribution in [1.82, 2.24) is 0 Å². The third-order valence-corrected chi connectivity index (χ3v) is 5.05. The van der Waals surface area contributed by atoms with Crippen molar-refractivity contribution in [2.24, 2.45) is 0 Å². The highest BCUT2D eigenvalue weighted by molar-refractivity contribution is 5.88. The van der Waals surface area contributed by atoms with Crippen molar-refractivity contribution in [2.75, 3.05) is 14.2 Å². The molecule has 0 aromatic heterocycles. The van der Waals surface area contributed by atoms with Crippen LogP contribution >= 0.6 is 0 Å². The van der Waals surface area contributed by atoms with E-state index in [0.717, 1.165) is 35.7 Å². The third-order valence-electron chi connectivity index (χ3n) is 5.05. The van der Waals surface area contributed by atoms with E-state index in [1.807, 2.05) is 36.4 Å². The van der Waals surface area contributed by atoms with E-state index in [0.29, 0.717) is 6.61 Å². The van der Waals surface area contributed by atoms with Crippen LogP contribution in [-0.2, 0) is 13.0 Å². The second-order valence-corrected chi connectivity index (χ2v) is 6.88. The summed E-state index contributed by atoms with van der Waals surface area (Å²) in [5.41, 5.74) is 6.08. The van der Waals surface area contributed by atoms with Gasteiger partial charge in [0.1, 0.15) is 23.9 Å². The Morgan fingerprint density at radius 3 is 2.29 bits per heavy atom. The lowest BCUT2D eigenvalue weighted by Crippen LogP contribution is -1.98. The molecule has 0 N–H and O–H groups in total. The minimum absolute atomic E-state index is 0.567. The van der Waals surface area contributed by atoms with Gasteiger partial charge in [0.05, 0.1) is 14.2 Å². The van der Waals surface area contributed by atoms with Crippen molar-refractivity contribution in [2.45, 2.75) is 19.4 Å². The highest BCUT2D eigenvalue weighted by atomic mass is 16.5. The molecule has 0 aliphatic heterocycles. The molecule has 3 aromatic carbocycles. The van der Waals surface area contributed by atoms with Crippen molar-refractivity contribution in [1.29, 1.82) is 0 Å². The normalized spacial score (nSPS) is 14.0. The molecule has 3 nitrogen and oxygen atoms in total. The number of aryl methyl sites for hydroxylation is 1. The van der Waals surface area contributed by atoms with Gasteiger partial charge in [-0.05, 0) is 53.3 Å². The summed E-state index contributed by atoms with van der Waals surface area (Å²) in [6.07, 6.45) is 4.25. The van der Waals surface area contributed by atoms with Crippen LogP contribution in [0.15, 0.2) is 66.7 Å². The molecule has 0 radical (unpaired) electrons. The number of fused-ring (bicyclic) bond motifs is 1. The summed E-state index contributed by atoms with van der Waals surface area (Å²) in [5.74, 6) is 2.52. The molecule has 0 amide bonds. The molecule has 3 heteroatoms. The van der Waals surface area contributed by atoms with Crippen LogP contribution < -0.4 is 14.2 Å². The van der Waals surface area contributed by atoms with Gasteiger partial charge in [0.15, 0.2) is 0 Å². The number of rotatable bonds is 6. The smallest absolute Gasteiger partial charge is 0.127 e. The average molecular weight is 372 g/mol. The molecule has 0 fully saturated rings. The predicted octanol–water partition coefficient (Wildman–Crippen LogP) is 5.77. The third kappa shape index (κ3) is 3.89. The van der Waals surface area contributed by atoms with Gasteiger partial charge < -0.3 is 14.2 Å². The van der Waals surface area contributed by atoms with E-state index in [4.69, 9.17) is 14.2 Å². The zero-order valence-corrected chi connectivity index (χ0v) is 16.3. The van der Waals surface area contributed by atoms with E-state index in [2.05, 4.69) is 36.4 Å². The first-order valence-electron chi connectivity index (χ1n) is 9.49. The van der Waals surface area contributed by atoms with Crippen molar-refractivity contribution in [3.05, 3.63) is 89.0 Å². The Morgan fingerprint density at radius 1 is 0.821 bits per heavy atom. The van der Waals surface area contributed by atoms with Crippen LogP contribution in [-0.4, -0.2) is 14.2 Å². The molecule has 0 saturated heterocycles. The fourth-order valence-corrected chi connectivity index (χ4v) is 3.66. The minimum Gasteiger partial charge on any atom is -0.497 e. The largest absolute Gasteiger partial charge is 0.497 e. The first kappa shape index (κ1) is 18.2. The van der Waals surface area contributed by atoms with Crippen molar-refractivity contribution >= 4 is 11.6 Å². The molecule has 0 heterocycles. The molecule has 3 aromatic rings. The Morgan fingerprint density at radius 2 is 1.57 bits per heavy atom. The van der Waals surface area contributed by atoms with Gasteiger partial charge in [0.2, 0.25) is 0 Å². The van der Waals surface area contributed by atoms with Gasteiger partial charge in [-0.3, -0.25) is 0 Å². The van der Waals surface area contributed by atoms with E-state index in [9.17, 15) is 0 Å².